The van der Waals surface area contributed by atoms with E-state index in [1.165, 1.54) is 39.5 Å². The van der Waals surface area contributed by atoms with Crippen molar-refractivity contribution in [1.29, 1.82) is 0 Å². The second kappa shape index (κ2) is 11.9. The first-order valence-electron chi connectivity index (χ1n) is 11.5. The molecule has 0 saturated heterocycles. The van der Waals surface area contributed by atoms with Crippen LogP contribution in [0.15, 0.2) is 65.6 Å². The summed E-state index contributed by atoms with van der Waals surface area (Å²) in [6.07, 6.45) is 0. The third-order valence-electron chi connectivity index (χ3n) is 5.83. The molecule has 0 aromatic heterocycles. The number of methoxy groups -OCH3 is 4. The highest BCUT2D eigenvalue weighted by Crippen LogP contribution is 2.33. The summed E-state index contributed by atoms with van der Waals surface area (Å²) in [4.78, 5) is 13.2. The molecule has 37 heavy (non-hydrogen) atoms. The van der Waals surface area contributed by atoms with Crippen molar-refractivity contribution in [2.24, 2.45) is 0 Å². The number of sulfonamides is 1. The smallest absolute Gasteiger partial charge is 0.264 e. The van der Waals surface area contributed by atoms with Gasteiger partial charge in [-0.3, -0.25) is 9.10 Å². The van der Waals surface area contributed by atoms with Gasteiger partial charge >= 0.3 is 0 Å². The van der Waals surface area contributed by atoms with Crippen LogP contribution in [0, 0.1) is 6.92 Å². The van der Waals surface area contributed by atoms with Crippen LogP contribution in [0.5, 0.6) is 23.0 Å². The Kier molecular flexibility index (Phi) is 8.88. The summed E-state index contributed by atoms with van der Waals surface area (Å²) in [6.45, 7) is 3.23. The van der Waals surface area contributed by atoms with Gasteiger partial charge in [-0.05, 0) is 56.3 Å². The van der Waals surface area contributed by atoms with E-state index >= 15 is 0 Å². The van der Waals surface area contributed by atoms with Crippen LogP contribution >= 0.6 is 0 Å². The van der Waals surface area contributed by atoms with Gasteiger partial charge in [-0.1, -0.05) is 17.7 Å². The molecule has 0 unspecified atom stereocenters. The molecule has 3 aromatic rings. The van der Waals surface area contributed by atoms with Gasteiger partial charge in [-0.25, -0.2) is 8.42 Å². The maximum absolute atomic E-state index is 13.8. The van der Waals surface area contributed by atoms with Gasteiger partial charge in [0.15, 0.2) is 11.5 Å². The normalized spacial score (nSPS) is 11.8. The molecule has 3 aromatic carbocycles. The van der Waals surface area contributed by atoms with Crippen molar-refractivity contribution < 1.29 is 32.2 Å². The fourth-order valence-corrected chi connectivity index (χ4v) is 5.24. The molecule has 10 heteroatoms. The van der Waals surface area contributed by atoms with Crippen molar-refractivity contribution in [3.63, 3.8) is 0 Å². The molecule has 1 atom stereocenters. The van der Waals surface area contributed by atoms with E-state index in [-0.39, 0.29) is 10.6 Å². The molecular weight excluding hydrogens is 496 g/mol. The van der Waals surface area contributed by atoms with Crippen LogP contribution in [-0.4, -0.2) is 49.3 Å². The first-order chi connectivity index (χ1) is 17.6. The standard InChI is InChI=1S/C27H32N2O7S/c1-18-7-9-20(10-8-18)29(37(31,32)22-12-14-25(35-5)26(16-22)36-6)17-27(30)28-19(2)23-15-21(33-3)11-13-24(23)34-4/h7-16,19H,17H2,1-6H3,(H,28,30)/t19-/m1/s1. The van der Waals surface area contributed by atoms with E-state index in [1.807, 2.05) is 6.92 Å². The quantitative estimate of drug-likeness (QED) is 0.400. The Balaban J connectivity index is 1.95. The number of carbonyl (C=O) groups is 1. The summed E-state index contributed by atoms with van der Waals surface area (Å²) in [6, 6.07) is 16.0. The first kappa shape index (κ1) is 27.7. The van der Waals surface area contributed by atoms with Crippen LogP contribution in [0.1, 0.15) is 24.1 Å². The zero-order valence-corrected chi connectivity index (χ0v) is 22.6. The van der Waals surface area contributed by atoms with Crippen LogP contribution in [-0.2, 0) is 14.8 Å². The zero-order chi connectivity index (χ0) is 27.2. The van der Waals surface area contributed by atoms with Crippen LogP contribution in [0.4, 0.5) is 5.69 Å². The van der Waals surface area contributed by atoms with Crippen molar-refractivity contribution in [1.82, 2.24) is 5.32 Å². The Bertz CT molecular complexity index is 1340. The van der Waals surface area contributed by atoms with Gasteiger partial charge in [0, 0.05) is 11.6 Å². The SMILES string of the molecule is COc1ccc(OC)c([C@@H](C)NC(=O)CN(c2ccc(C)cc2)S(=O)(=O)c2ccc(OC)c(OC)c2)c1. The predicted octanol–water partition coefficient (Wildman–Crippen LogP) is 4.10. The summed E-state index contributed by atoms with van der Waals surface area (Å²) in [5.41, 5.74) is 2.00. The Morgan fingerprint density at radius 1 is 0.838 bits per heavy atom. The van der Waals surface area contributed by atoms with E-state index in [4.69, 9.17) is 18.9 Å². The van der Waals surface area contributed by atoms with E-state index in [0.29, 0.717) is 28.5 Å². The number of carbonyl (C=O) groups excluding carboxylic acids is 1. The average Bonchev–Trinajstić information content (AvgIpc) is 2.91. The van der Waals surface area contributed by atoms with Crippen LogP contribution < -0.4 is 28.6 Å². The monoisotopic (exact) mass is 528 g/mol. The van der Waals surface area contributed by atoms with Crippen molar-refractivity contribution in [3.8, 4) is 23.0 Å². The highest BCUT2D eigenvalue weighted by atomic mass is 32.2. The highest BCUT2D eigenvalue weighted by molar-refractivity contribution is 7.92. The number of nitrogens with zero attached hydrogens (tertiary/aromatic N) is 1. The van der Waals surface area contributed by atoms with Gasteiger partial charge in [0.25, 0.3) is 10.0 Å². The van der Waals surface area contributed by atoms with Gasteiger partial charge in [0.1, 0.15) is 18.0 Å². The van der Waals surface area contributed by atoms with Gasteiger partial charge in [-0.2, -0.15) is 0 Å². The lowest BCUT2D eigenvalue weighted by Crippen LogP contribution is -2.41. The van der Waals surface area contributed by atoms with Gasteiger partial charge in [0.2, 0.25) is 5.91 Å². The number of nitrogens with one attached hydrogen (secondary N) is 1. The lowest BCUT2D eigenvalue weighted by molar-refractivity contribution is -0.120. The summed E-state index contributed by atoms with van der Waals surface area (Å²) < 4.78 is 49.9. The minimum Gasteiger partial charge on any atom is -0.497 e. The van der Waals surface area contributed by atoms with E-state index in [2.05, 4.69) is 5.32 Å². The van der Waals surface area contributed by atoms with Gasteiger partial charge in [-0.15, -0.1) is 0 Å². The Morgan fingerprint density at radius 3 is 2.05 bits per heavy atom. The van der Waals surface area contributed by atoms with Crippen molar-refractivity contribution in [2.75, 3.05) is 39.3 Å². The summed E-state index contributed by atoms with van der Waals surface area (Å²) >= 11 is 0. The van der Waals surface area contributed by atoms with Crippen molar-refractivity contribution >= 4 is 21.6 Å². The molecule has 0 fully saturated rings. The van der Waals surface area contributed by atoms with E-state index in [0.717, 1.165) is 9.87 Å². The maximum Gasteiger partial charge on any atom is 0.264 e. The molecule has 0 saturated carbocycles. The maximum atomic E-state index is 13.8. The van der Waals surface area contributed by atoms with Gasteiger partial charge in [0.05, 0.1) is 45.1 Å². The number of hydrogen-bond donors (Lipinski definition) is 1. The summed E-state index contributed by atoms with van der Waals surface area (Å²) in [5.74, 6) is 1.33. The second-order valence-electron chi connectivity index (χ2n) is 8.26. The third-order valence-corrected chi connectivity index (χ3v) is 7.60. The van der Waals surface area contributed by atoms with Gasteiger partial charge < -0.3 is 24.3 Å². The molecule has 3 rings (SSSR count). The van der Waals surface area contributed by atoms with Crippen LogP contribution in [0.2, 0.25) is 0 Å². The lowest BCUT2D eigenvalue weighted by atomic mass is 10.1. The topological polar surface area (TPSA) is 103 Å². The largest absolute Gasteiger partial charge is 0.497 e. The minimum absolute atomic E-state index is 0.0407. The molecule has 0 bridgehead atoms. The number of anilines is 1. The average molecular weight is 529 g/mol. The van der Waals surface area contributed by atoms with Crippen LogP contribution in [0.3, 0.4) is 0 Å². The molecule has 0 aliphatic rings. The van der Waals surface area contributed by atoms with Crippen LogP contribution in [0.25, 0.3) is 0 Å². The zero-order valence-electron chi connectivity index (χ0n) is 21.8. The number of benzene rings is 3. The predicted molar refractivity (Wildman–Crippen MR) is 141 cm³/mol. The number of rotatable bonds is 11. The Morgan fingerprint density at radius 2 is 1.46 bits per heavy atom. The summed E-state index contributed by atoms with van der Waals surface area (Å²) in [7, 11) is 1.82. The van der Waals surface area contributed by atoms with E-state index < -0.39 is 28.5 Å². The number of ether oxygens (including phenoxy) is 4. The second-order valence-corrected chi connectivity index (χ2v) is 10.1. The number of hydrogen-bond acceptors (Lipinski definition) is 7. The molecule has 1 N–H and O–H groups in total. The Labute approximate surface area is 218 Å². The lowest BCUT2D eigenvalue weighted by Gasteiger charge is -2.26. The highest BCUT2D eigenvalue weighted by Gasteiger charge is 2.29. The van der Waals surface area contributed by atoms with E-state index in [1.54, 1.807) is 56.5 Å². The molecule has 1 amide bonds. The molecular formula is C27H32N2O7S. The van der Waals surface area contributed by atoms with Crippen molar-refractivity contribution in [3.05, 3.63) is 71.8 Å². The molecule has 0 aliphatic carbocycles. The molecule has 0 radical (unpaired) electrons. The molecule has 198 valence electrons. The molecule has 0 aliphatic heterocycles. The third kappa shape index (κ3) is 6.26. The minimum atomic E-state index is -4.15. The molecule has 0 spiro atoms. The van der Waals surface area contributed by atoms with E-state index in [9.17, 15) is 13.2 Å². The van der Waals surface area contributed by atoms with Crippen molar-refractivity contribution in [2.45, 2.75) is 24.8 Å². The number of aryl methyl sites for hydroxylation is 1. The number of amides is 1. The fourth-order valence-electron chi connectivity index (χ4n) is 3.80. The molecule has 9 nitrogen and oxygen atoms in total. The summed E-state index contributed by atoms with van der Waals surface area (Å²) in [5, 5.41) is 2.87. The first-order valence-corrected chi connectivity index (χ1v) is 12.9. The Hall–Kier alpha value is -3.92. The fraction of sp³-hybridized carbons (Fsp3) is 0.296. The molecule has 0 heterocycles.